The lowest BCUT2D eigenvalue weighted by molar-refractivity contribution is -0.0180. The zero-order valence-electron chi connectivity index (χ0n) is 11.3. The average molecular weight is 236 g/mol. The van der Waals surface area contributed by atoms with Gasteiger partial charge in [0, 0.05) is 24.2 Å². The van der Waals surface area contributed by atoms with Crippen molar-refractivity contribution in [3.63, 3.8) is 0 Å². The summed E-state index contributed by atoms with van der Waals surface area (Å²) in [6, 6.07) is 2.93. The molecule has 2 heteroatoms. The first-order valence-corrected chi connectivity index (χ1v) is 7.78. The second-order valence-electron chi connectivity index (χ2n) is 6.70. The van der Waals surface area contributed by atoms with Crippen LogP contribution in [0.5, 0.6) is 0 Å². The Labute approximate surface area is 106 Å². The van der Waals surface area contributed by atoms with E-state index in [1.165, 1.54) is 57.8 Å². The van der Waals surface area contributed by atoms with E-state index in [4.69, 9.17) is 5.73 Å². The van der Waals surface area contributed by atoms with Crippen LogP contribution in [-0.2, 0) is 0 Å². The van der Waals surface area contributed by atoms with Gasteiger partial charge in [0.25, 0.3) is 0 Å². The first-order chi connectivity index (χ1) is 8.25. The highest BCUT2D eigenvalue weighted by Gasteiger charge is 2.41. The van der Waals surface area contributed by atoms with Gasteiger partial charge in [0.1, 0.15) is 0 Å². The van der Waals surface area contributed by atoms with Crippen molar-refractivity contribution in [3.8, 4) is 0 Å². The van der Waals surface area contributed by atoms with Crippen LogP contribution in [0.2, 0.25) is 0 Å². The molecule has 3 aliphatic rings. The lowest BCUT2D eigenvalue weighted by atomic mass is 9.79. The number of hydrogen-bond acceptors (Lipinski definition) is 2. The third-order valence-electron chi connectivity index (χ3n) is 5.62. The van der Waals surface area contributed by atoms with E-state index in [9.17, 15) is 0 Å². The SMILES string of the molecule is CC(C1CCCC1)N1C2CCCC1CC(N)C2. The van der Waals surface area contributed by atoms with Crippen molar-refractivity contribution in [1.82, 2.24) is 4.90 Å². The summed E-state index contributed by atoms with van der Waals surface area (Å²) in [5, 5.41) is 0. The molecule has 1 aliphatic carbocycles. The Morgan fingerprint density at radius 2 is 1.53 bits per heavy atom. The number of nitrogens with zero attached hydrogens (tertiary/aromatic N) is 1. The van der Waals surface area contributed by atoms with Crippen molar-refractivity contribution < 1.29 is 0 Å². The summed E-state index contributed by atoms with van der Waals surface area (Å²) in [5.74, 6) is 0.979. The molecule has 17 heavy (non-hydrogen) atoms. The molecule has 0 radical (unpaired) electrons. The molecule has 0 aromatic heterocycles. The van der Waals surface area contributed by atoms with Crippen molar-refractivity contribution in [2.45, 2.75) is 88.9 Å². The van der Waals surface area contributed by atoms with Crippen LogP contribution >= 0.6 is 0 Å². The van der Waals surface area contributed by atoms with E-state index >= 15 is 0 Å². The number of hydrogen-bond donors (Lipinski definition) is 1. The molecule has 3 unspecified atom stereocenters. The van der Waals surface area contributed by atoms with Gasteiger partial charge in [0.05, 0.1) is 0 Å². The van der Waals surface area contributed by atoms with E-state index < -0.39 is 0 Å². The van der Waals surface area contributed by atoms with Gasteiger partial charge in [-0.2, -0.15) is 0 Å². The highest BCUT2D eigenvalue weighted by molar-refractivity contribution is 4.97. The van der Waals surface area contributed by atoms with Gasteiger partial charge in [-0.3, -0.25) is 4.90 Å². The zero-order valence-corrected chi connectivity index (χ0v) is 11.3. The fraction of sp³-hybridized carbons (Fsp3) is 1.00. The Bertz CT molecular complexity index is 246. The van der Waals surface area contributed by atoms with E-state index in [-0.39, 0.29) is 0 Å². The van der Waals surface area contributed by atoms with Crippen LogP contribution in [0.4, 0.5) is 0 Å². The second kappa shape index (κ2) is 4.89. The van der Waals surface area contributed by atoms with Crippen LogP contribution < -0.4 is 5.73 Å². The van der Waals surface area contributed by atoms with Crippen LogP contribution in [0.1, 0.15) is 64.7 Å². The Hall–Kier alpha value is -0.0800. The quantitative estimate of drug-likeness (QED) is 0.799. The summed E-state index contributed by atoms with van der Waals surface area (Å²) in [6.07, 6.45) is 12.7. The minimum atomic E-state index is 0.484. The third kappa shape index (κ3) is 2.26. The fourth-order valence-corrected chi connectivity index (χ4v) is 4.81. The van der Waals surface area contributed by atoms with Crippen molar-refractivity contribution in [1.29, 1.82) is 0 Å². The Morgan fingerprint density at radius 1 is 0.941 bits per heavy atom. The molecule has 3 rings (SSSR count). The standard InChI is InChI=1S/C15H28N2/c1-11(12-5-2-3-6-12)17-14-7-4-8-15(17)10-13(16)9-14/h11-15H,2-10,16H2,1H3. The molecule has 3 atom stereocenters. The molecule has 2 aliphatic heterocycles. The molecule has 98 valence electrons. The molecule has 0 aromatic rings. The lowest BCUT2D eigenvalue weighted by Gasteiger charge is -2.52. The summed E-state index contributed by atoms with van der Waals surface area (Å²) in [4.78, 5) is 2.89. The smallest absolute Gasteiger partial charge is 0.0116 e. The molecular weight excluding hydrogens is 208 g/mol. The number of rotatable bonds is 2. The number of piperidine rings is 2. The molecule has 0 amide bonds. The summed E-state index contributed by atoms with van der Waals surface area (Å²) in [6.45, 7) is 2.50. The van der Waals surface area contributed by atoms with Crippen LogP contribution in [0.25, 0.3) is 0 Å². The molecule has 2 heterocycles. The zero-order chi connectivity index (χ0) is 11.8. The van der Waals surface area contributed by atoms with Gasteiger partial charge in [0.15, 0.2) is 0 Å². The first kappa shape index (κ1) is 12.0. The molecule has 2 bridgehead atoms. The second-order valence-corrected chi connectivity index (χ2v) is 6.70. The van der Waals surface area contributed by atoms with Crippen molar-refractivity contribution >= 4 is 0 Å². The molecule has 0 spiro atoms. The van der Waals surface area contributed by atoms with Crippen LogP contribution in [0.15, 0.2) is 0 Å². The maximum atomic E-state index is 6.21. The van der Waals surface area contributed by atoms with Gasteiger partial charge in [0.2, 0.25) is 0 Å². The van der Waals surface area contributed by atoms with Gasteiger partial charge in [-0.25, -0.2) is 0 Å². The minimum Gasteiger partial charge on any atom is -0.328 e. The Balaban J connectivity index is 1.72. The molecule has 0 aromatic carbocycles. The van der Waals surface area contributed by atoms with E-state index in [0.29, 0.717) is 6.04 Å². The topological polar surface area (TPSA) is 29.3 Å². The summed E-state index contributed by atoms with van der Waals surface area (Å²) in [5.41, 5.74) is 6.21. The summed E-state index contributed by atoms with van der Waals surface area (Å²) in [7, 11) is 0. The van der Waals surface area contributed by atoms with Gasteiger partial charge < -0.3 is 5.73 Å². The molecular formula is C15H28N2. The van der Waals surface area contributed by atoms with E-state index in [1.54, 1.807) is 0 Å². The highest BCUT2D eigenvalue weighted by atomic mass is 15.2. The average Bonchev–Trinajstić information content (AvgIpc) is 2.80. The lowest BCUT2D eigenvalue weighted by Crippen LogP contribution is -2.59. The maximum Gasteiger partial charge on any atom is 0.0116 e. The van der Waals surface area contributed by atoms with Gasteiger partial charge in [-0.15, -0.1) is 0 Å². The largest absolute Gasteiger partial charge is 0.328 e. The maximum absolute atomic E-state index is 6.21. The number of nitrogens with two attached hydrogens (primary N) is 1. The predicted octanol–water partition coefficient (Wildman–Crippen LogP) is 2.91. The van der Waals surface area contributed by atoms with E-state index in [0.717, 1.165) is 24.0 Å². The minimum absolute atomic E-state index is 0.484. The van der Waals surface area contributed by atoms with E-state index in [2.05, 4.69) is 11.8 Å². The Kier molecular flexibility index (Phi) is 3.45. The van der Waals surface area contributed by atoms with Crippen LogP contribution in [0.3, 0.4) is 0 Å². The molecule has 2 saturated heterocycles. The normalized spacial score (nSPS) is 41.6. The number of fused-ring (bicyclic) bond motifs is 2. The monoisotopic (exact) mass is 236 g/mol. The Morgan fingerprint density at radius 3 is 2.12 bits per heavy atom. The molecule has 2 N–H and O–H groups in total. The highest BCUT2D eigenvalue weighted by Crippen LogP contribution is 2.39. The van der Waals surface area contributed by atoms with Crippen molar-refractivity contribution in [3.05, 3.63) is 0 Å². The fourth-order valence-electron chi connectivity index (χ4n) is 4.81. The van der Waals surface area contributed by atoms with Gasteiger partial charge in [-0.1, -0.05) is 19.3 Å². The van der Waals surface area contributed by atoms with Crippen molar-refractivity contribution in [2.24, 2.45) is 11.7 Å². The van der Waals surface area contributed by atoms with Gasteiger partial charge in [-0.05, 0) is 51.4 Å². The summed E-state index contributed by atoms with van der Waals surface area (Å²) < 4.78 is 0. The van der Waals surface area contributed by atoms with E-state index in [1.807, 2.05) is 0 Å². The molecule has 3 fully saturated rings. The molecule has 1 saturated carbocycles. The molecule has 2 nitrogen and oxygen atoms in total. The predicted molar refractivity (Wildman–Crippen MR) is 71.9 cm³/mol. The first-order valence-electron chi connectivity index (χ1n) is 7.78. The third-order valence-corrected chi connectivity index (χ3v) is 5.62. The van der Waals surface area contributed by atoms with Gasteiger partial charge >= 0.3 is 0 Å². The van der Waals surface area contributed by atoms with Crippen LogP contribution in [-0.4, -0.2) is 29.1 Å². The van der Waals surface area contributed by atoms with Crippen LogP contribution in [0, 0.1) is 5.92 Å². The van der Waals surface area contributed by atoms with Crippen molar-refractivity contribution in [2.75, 3.05) is 0 Å². The summed E-state index contributed by atoms with van der Waals surface area (Å²) >= 11 is 0.